The first-order valence-electron chi connectivity index (χ1n) is 3.60. The van der Waals surface area contributed by atoms with E-state index in [0.717, 1.165) is 3.57 Å². The van der Waals surface area contributed by atoms with E-state index in [-0.39, 0.29) is 5.78 Å². The van der Waals surface area contributed by atoms with Gasteiger partial charge in [0.1, 0.15) is 5.75 Å². The predicted octanol–water partition coefficient (Wildman–Crippen LogP) is 3.16. The van der Waals surface area contributed by atoms with Gasteiger partial charge in [0.15, 0.2) is 5.78 Å². The number of carbonyl (C=O) groups is 1. The van der Waals surface area contributed by atoms with Gasteiger partial charge in [-0.05, 0) is 41.6 Å². The molecule has 0 N–H and O–H groups in total. The summed E-state index contributed by atoms with van der Waals surface area (Å²) in [6.45, 7) is 1.51. The van der Waals surface area contributed by atoms with Crippen molar-refractivity contribution < 1.29 is 9.53 Å². The Balaban J connectivity index is 3.35. The highest BCUT2D eigenvalue weighted by molar-refractivity contribution is 14.1. The van der Waals surface area contributed by atoms with Crippen LogP contribution in [0.25, 0.3) is 0 Å². The second kappa shape index (κ2) is 4.28. The maximum absolute atomic E-state index is 11.2. The number of carbonyl (C=O) groups excluding carboxylic acids is 1. The number of ketones is 1. The third kappa shape index (κ3) is 2.34. The molecule has 13 heavy (non-hydrogen) atoms. The van der Waals surface area contributed by atoms with Crippen LogP contribution < -0.4 is 4.74 Å². The van der Waals surface area contributed by atoms with Gasteiger partial charge in [0.25, 0.3) is 0 Å². The maximum Gasteiger partial charge on any atom is 0.161 e. The highest BCUT2D eigenvalue weighted by Crippen LogP contribution is 2.28. The van der Waals surface area contributed by atoms with Crippen molar-refractivity contribution in [3.05, 3.63) is 26.3 Å². The lowest BCUT2D eigenvalue weighted by atomic mass is 10.1. The summed E-state index contributed by atoms with van der Waals surface area (Å²) in [7, 11) is 1.55. The monoisotopic (exact) mass is 310 g/mol. The third-order valence-electron chi connectivity index (χ3n) is 1.60. The molecule has 0 heterocycles. The third-order valence-corrected chi connectivity index (χ3v) is 2.93. The van der Waals surface area contributed by atoms with E-state index >= 15 is 0 Å². The van der Waals surface area contributed by atoms with Crippen molar-refractivity contribution in [2.45, 2.75) is 6.92 Å². The van der Waals surface area contributed by atoms with E-state index < -0.39 is 0 Å². The molecule has 0 bridgehead atoms. The fourth-order valence-electron chi connectivity index (χ4n) is 0.969. The van der Waals surface area contributed by atoms with E-state index in [4.69, 9.17) is 16.3 Å². The normalized spacial score (nSPS) is 9.85. The minimum Gasteiger partial charge on any atom is -0.496 e. The van der Waals surface area contributed by atoms with Crippen LogP contribution >= 0.6 is 34.2 Å². The number of Topliss-reactive ketones (excluding diaryl/α,β-unsaturated/α-hetero) is 1. The molecule has 0 atom stereocenters. The molecule has 0 fully saturated rings. The van der Waals surface area contributed by atoms with Gasteiger partial charge in [0, 0.05) is 10.6 Å². The van der Waals surface area contributed by atoms with E-state index in [9.17, 15) is 4.79 Å². The molecule has 0 aliphatic rings. The Morgan fingerprint density at radius 3 is 2.62 bits per heavy atom. The van der Waals surface area contributed by atoms with Crippen molar-refractivity contribution in [3.63, 3.8) is 0 Å². The van der Waals surface area contributed by atoms with Crippen molar-refractivity contribution in [2.24, 2.45) is 0 Å². The average molecular weight is 311 g/mol. The minimum absolute atomic E-state index is 0.00907. The fraction of sp³-hybridized carbons (Fsp3) is 0.222. The predicted molar refractivity (Wildman–Crippen MR) is 60.7 cm³/mol. The number of rotatable bonds is 2. The summed E-state index contributed by atoms with van der Waals surface area (Å²) in [6, 6.07) is 3.34. The summed E-state index contributed by atoms with van der Waals surface area (Å²) in [4.78, 5) is 11.2. The van der Waals surface area contributed by atoms with Crippen molar-refractivity contribution in [1.82, 2.24) is 0 Å². The standard InChI is InChI=1S/C9H8ClIO2/c1-5(12)7-3-6(10)4-8(13-2)9(7)11/h3-4H,1-2H3. The molecule has 0 aliphatic heterocycles. The topological polar surface area (TPSA) is 26.3 Å². The van der Waals surface area contributed by atoms with Crippen molar-refractivity contribution in [3.8, 4) is 5.75 Å². The minimum atomic E-state index is -0.00907. The van der Waals surface area contributed by atoms with E-state index in [1.807, 2.05) is 0 Å². The van der Waals surface area contributed by atoms with Crippen LogP contribution in [-0.4, -0.2) is 12.9 Å². The summed E-state index contributed by atoms with van der Waals surface area (Å²) in [5.74, 6) is 0.628. The smallest absolute Gasteiger partial charge is 0.161 e. The SMILES string of the molecule is COc1cc(Cl)cc(C(C)=O)c1I. The lowest BCUT2D eigenvalue weighted by Crippen LogP contribution is -1.98. The highest BCUT2D eigenvalue weighted by atomic mass is 127. The molecule has 0 aromatic heterocycles. The first-order chi connectivity index (χ1) is 6.06. The molecule has 70 valence electrons. The molecule has 0 spiro atoms. The molecule has 4 heteroatoms. The Bertz CT molecular complexity index is 350. The number of hydrogen-bond acceptors (Lipinski definition) is 2. The molecule has 0 aliphatic carbocycles. The van der Waals surface area contributed by atoms with Gasteiger partial charge in [-0.25, -0.2) is 0 Å². The first kappa shape index (κ1) is 10.8. The van der Waals surface area contributed by atoms with Crippen LogP contribution in [0, 0.1) is 3.57 Å². The van der Waals surface area contributed by atoms with Gasteiger partial charge in [-0.2, -0.15) is 0 Å². The zero-order valence-corrected chi connectivity index (χ0v) is 10.1. The van der Waals surface area contributed by atoms with E-state index in [2.05, 4.69) is 22.6 Å². The van der Waals surface area contributed by atoms with Crippen LogP contribution in [0.5, 0.6) is 5.75 Å². The number of methoxy groups -OCH3 is 1. The lowest BCUT2D eigenvalue weighted by molar-refractivity contribution is 0.101. The zero-order valence-electron chi connectivity index (χ0n) is 7.23. The van der Waals surface area contributed by atoms with Crippen LogP contribution in [0.15, 0.2) is 12.1 Å². The fourth-order valence-corrected chi connectivity index (χ4v) is 2.09. The lowest BCUT2D eigenvalue weighted by Gasteiger charge is -2.07. The summed E-state index contributed by atoms with van der Waals surface area (Å²) >= 11 is 7.88. The van der Waals surface area contributed by atoms with E-state index in [1.54, 1.807) is 19.2 Å². The molecule has 0 saturated heterocycles. The number of ether oxygens (including phenoxy) is 1. The molecule has 2 nitrogen and oxygen atoms in total. The first-order valence-corrected chi connectivity index (χ1v) is 5.06. The Morgan fingerprint density at radius 1 is 1.54 bits per heavy atom. The van der Waals surface area contributed by atoms with Gasteiger partial charge < -0.3 is 4.74 Å². The quantitative estimate of drug-likeness (QED) is 0.619. The van der Waals surface area contributed by atoms with Crippen LogP contribution in [0.3, 0.4) is 0 Å². The summed E-state index contributed by atoms with van der Waals surface area (Å²) in [6.07, 6.45) is 0. The Labute approximate surface area is 95.4 Å². The van der Waals surface area contributed by atoms with E-state index in [1.165, 1.54) is 6.92 Å². The molecule has 0 amide bonds. The van der Waals surface area contributed by atoms with Crippen molar-refractivity contribution in [1.29, 1.82) is 0 Å². The van der Waals surface area contributed by atoms with Crippen molar-refractivity contribution in [2.75, 3.05) is 7.11 Å². The maximum atomic E-state index is 11.2. The van der Waals surface area contributed by atoms with Crippen LogP contribution in [0.2, 0.25) is 5.02 Å². The second-order valence-electron chi connectivity index (χ2n) is 2.53. The molecular weight excluding hydrogens is 302 g/mol. The van der Waals surface area contributed by atoms with Gasteiger partial charge in [-0.15, -0.1) is 0 Å². The van der Waals surface area contributed by atoms with Gasteiger partial charge in [-0.3, -0.25) is 4.79 Å². The molecule has 0 saturated carbocycles. The van der Waals surface area contributed by atoms with Gasteiger partial charge in [-0.1, -0.05) is 11.6 Å². The highest BCUT2D eigenvalue weighted by Gasteiger charge is 2.11. The molecule has 0 unspecified atom stereocenters. The van der Waals surface area contributed by atoms with Gasteiger partial charge in [0.2, 0.25) is 0 Å². The molecule has 0 radical (unpaired) electrons. The Kier molecular flexibility index (Phi) is 3.55. The average Bonchev–Trinajstić information content (AvgIpc) is 2.08. The van der Waals surface area contributed by atoms with Gasteiger partial charge in [0.05, 0.1) is 10.7 Å². The summed E-state index contributed by atoms with van der Waals surface area (Å²) in [5, 5.41) is 0.516. The molecular formula is C9H8ClIO2. The number of hydrogen-bond donors (Lipinski definition) is 0. The number of benzene rings is 1. The van der Waals surface area contributed by atoms with Crippen LogP contribution in [0.4, 0.5) is 0 Å². The van der Waals surface area contributed by atoms with Gasteiger partial charge >= 0.3 is 0 Å². The largest absolute Gasteiger partial charge is 0.496 e. The van der Waals surface area contributed by atoms with E-state index in [0.29, 0.717) is 16.3 Å². The number of halogens is 2. The zero-order chi connectivity index (χ0) is 10.0. The summed E-state index contributed by atoms with van der Waals surface area (Å²) < 4.78 is 5.88. The van der Waals surface area contributed by atoms with Crippen LogP contribution in [0.1, 0.15) is 17.3 Å². The van der Waals surface area contributed by atoms with Crippen molar-refractivity contribution >= 4 is 40.0 Å². The van der Waals surface area contributed by atoms with Crippen LogP contribution in [-0.2, 0) is 0 Å². The molecule has 1 aromatic rings. The Morgan fingerprint density at radius 2 is 2.15 bits per heavy atom. The Hall–Kier alpha value is -0.290. The molecule has 1 aromatic carbocycles. The molecule has 1 rings (SSSR count). The summed E-state index contributed by atoms with van der Waals surface area (Å²) in [5.41, 5.74) is 0.602. The second-order valence-corrected chi connectivity index (χ2v) is 4.04.